The van der Waals surface area contributed by atoms with E-state index in [9.17, 15) is 14.7 Å². The number of methoxy groups -OCH3 is 1. The van der Waals surface area contributed by atoms with Crippen molar-refractivity contribution in [2.24, 2.45) is 11.8 Å². The van der Waals surface area contributed by atoms with Crippen molar-refractivity contribution in [2.45, 2.75) is 38.8 Å². The van der Waals surface area contributed by atoms with Crippen LogP contribution in [0.4, 0.5) is 0 Å². The molecule has 0 radical (unpaired) electrons. The second-order valence-electron chi connectivity index (χ2n) is 9.67. The van der Waals surface area contributed by atoms with E-state index in [2.05, 4.69) is 16.8 Å². The highest BCUT2D eigenvalue weighted by Gasteiger charge is 2.37. The van der Waals surface area contributed by atoms with Crippen LogP contribution in [0.1, 0.15) is 48.2 Å². The highest BCUT2D eigenvalue weighted by Crippen LogP contribution is 2.32. The molecule has 0 unspecified atom stereocenters. The molecule has 190 valence electrons. The Kier molecular flexibility index (Phi) is 7.80. The molecule has 2 aliphatic rings. The van der Waals surface area contributed by atoms with Crippen LogP contribution in [0.15, 0.2) is 36.5 Å². The van der Waals surface area contributed by atoms with E-state index in [1.54, 1.807) is 36.2 Å². The van der Waals surface area contributed by atoms with E-state index in [1.165, 1.54) is 0 Å². The monoisotopic (exact) mass is 491 g/mol. The van der Waals surface area contributed by atoms with Crippen molar-refractivity contribution in [3.05, 3.63) is 53.2 Å². The Labute approximate surface area is 212 Å². The number of rotatable bonds is 6. The molecule has 0 saturated heterocycles. The SMILES string of the molecule is COc1cccc(C#Cc2cnc3c(c2)C(=O)N([C@H](C)CO)C[C@@H](C)[C@H](CN(C)C(=O)C2CC2)O3)c1. The third-order valence-corrected chi connectivity index (χ3v) is 6.70. The first kappa shape index (κ1) is 25.5. The van der Waals surface area contributed by atoms with Gasteiger partial charge in [0.2, 0.25) is 11.8 Å². The number of pyridine rings is 1. The lowest BCUT2D eigenvalue weighted by Gasteiger charge is -2.37. The number of nitrogens with zero attached hydrogens (tertiary/aromatic N) is 3. The molecular weight excluding hydrogens is 458 g/mol. The average Bonchev–Trinajstić information content (AvgIpc) is 3.74. The second kappa shape index (κ2) is 11.0. The third-order valence-electron chi connectivity index (χ3n) is 6.70. The van der Waals surface area contributed by atoms with Gasteiger partial charge in [-0.05, 0) is 44.0 Å². The van der Waals surface area contributed by atoms with Crippen LogP contribution in [0, 0.1) is 23.7 Å². The number of hydrogen-bond acceptors (Lipinski definition) is 6. The predicted molar refractivity (Wildman–Crippen MR) is 135 cm³/mol. The summed E-state index contributed by atoms with van der Waals surface area (Å²) in [4.78, 5) is 33.9. The van der Waals surface area contributed by atoms with E-state index in [4.69, 9.17) is 9.47 Å². The minimum absolute atomic E-state index is 0.0834. The molecule has 1 aliphatic carbocycles. The van der Waals surface area contributed by atoms with E-state index < -0.39 is 0 Å². The molecule has 1 aromatic heterocycles. The first-order chi connectivity index (χ1) is 17.3. The third kappa shape index (κ3) is 5.80. The summed E-state index contributed by atoms with van der Waals surface area (Å²) in [6.45, 7) is 4.41. The first-order valence-corrected chi connectivity index (χ1v) is 12.3. The highest BCUT2D eigenvalue weighted by atomic mass is 16.5. The number of likely N-dealkylation sites (N-methyl/N-ethyl adjacent to an activating group) is 1. The zero-order valence-corrected chi connectivity index (χ0v) is 21.2. The van der Waals surface area contributed by atoms with Crippen LogP contribution in [-0.4, -0.2) is 77.7 Å². The van der Waals surface area contributed by atoms with Gasteiger partial charge in [0.25, 0.3) is 5.91 Å². The van der Waals surface area contributed by atoms with Gasteiger partial charge in [0.1, 0.15) is 17.4 Å². The largest absolute Gasteiger partial charge is 0.497 e. The fourth-order valence-electron chi connectivity index (χ4n) is 4.24. The normalized spacial score (nSPS) is 20.1. The van der Waals surface area contributed by atoms with Gasteiger partial charge in [0.15, 0.2) is 0 Å². The van der Waals surface area contributed by atoms with E-state index in [1.807, 2.05) is 38.1 Å². The van der Waals surface area contributed by atoms with E-state index in [-0.39, 0.29) is 48.3 Å². The molecule has 8 heteroatoms. The van der Waals surface area contributed by atoms with Gasteiger partial charge in [-0.15, -0.1) is 0 Å². The number of carbonyl (C=O) groups is 2. The van der Waals surface area contributed by atoms with Gasteiger partial charge in [0, 0.05) is 42.8 Å². The summed E-state index contributed by atoms with van der Waals surface area (Å²) in [5.41, 5.74) is 1.63. The quantitative estimate of drug-likeness (QED) is 0.625. The Morgan fingerprint density at radius 2 is 2.06 bits per heavy atom. The summed E-state index contributed by atoms with van der Waals surface area (Å²) in [5, 5.41) is 9.83. The number of aromatic nitrogens is 1. The van der Waals surface area contributed by atoms with Crippen LogP contribution < -0.4 is 9.47 Å². The number of carbonyl (C=O) groups excluding carboxylic acids is 2. The van der Waals surface area contributed by atoms with E-state index in [0.717, 1.165) is 18.4 Å². The molecule has 1 aliphatic heterocycles. The van der Waals surface area contributed by atoms with Crippen LogP contribution >= 0.6 is 0 Å². The second-order valence-corrected chi connectivity index (χ2v) is 9.67. The van der Waals surface area contributed by atoms with Gasteiger partial charge in [-0.1, -0.05) is 24.8 Å². The van der Waals surface area contributed by atoms with Crippen LogP contribution in [0.5, 0.6) is 11.6 Å². The average molecular weight is 492 g/mol. The number of benzene rings is 1. The molecule has 2 amide bonds. The van der Waals surface area contributed by atoms with Gasteiger partial charge >= 0.3 is 0 Å². The van der Waals surface area contributed by atoms with Crippen molar-refractivity contribution < 1.29 is 24.2 Å². The molecule has 4 rings (SSSR count). The predicted octanol–water partition coefficient (Wildman–Crippen LogP) is 2.58. The number of amides is 2. The summed E-state index contributed by atoms with van der Waals surface area (Å²) in [7, 11) is 3.39. The Balaban J connectivity index is 1.65. The lowest BCUT2D eigenvalue weighted by molar-refractivity contribution is -0.132. The molecule has 1 aromatic carbocycles. The zero-order chi connectivity index (χ0) is 25.8. The maximum atomic E-state index is 13.5. The zero-order valence-electron chi connectivity index (χ0n) is 21.2. The Morgan fingerprint density at radius 1 is 1.31 bits per heavy atom. The minimum Gasteiger partial charge on any atom is -0.497 e. The van der Waals surface area contributed by atoms with Crippen molar-refractivity contribution in [3.8, 4) is 23.5 Å². The maximum Gasteiger partial charge on any atom is 0.259 e. The fraction of sp³-hybridized carbons (Fsp3) is 0.464. The summed E-state index contributed by atoms with van der Waals surface area (Å²) in [6.07, 6.45) is 3.09. The molecule has 1 fully saturated rings. The molecule has 2 aromatic rings. The topological polar surface area (TPSA) is 92.2 Å². The van der Waals surface area contributed by atoms with Crippen LogP contribution in [0.25, 0.3) is 0 Å². The summed E-state index contributed by atoms with van der Waals surface area (Å²) in [5.74, 6) is 6.96. The summed E-state index contributed by atoms with van der Waals surface area (Å²) >= 11 is 0. The van der Waals surface area contributed by atoms with Gasteiger partial charge in [0.05, 0.1) is 26.3 Å². The summed E-state index contributed by atoms with van der Waals surface area (Å²) < 4.78 is 11.5. The number of aliphatic hydroxyl groups excluding tert-OH is 1. The molecule has 2 heterocycles. The smallest absolute Gasteiger partial charge is 0.259 e. The van der Waals surface area contributed by atoms with Gasteiger partial charge in [-0.3, -0.25) is 9.59 Å². The first-order valence-electron chi connectivity index (χ1n) is 12.3. The summed E-state index contributed by atoms with van der Waals surface area (Å²) in [6, 6.07) is 8.71. The number of fused-ring (bicyclic) bond motifs is 1. The van der Waals surface area contributed by atoms with Crippen molar-refractivity contribution in [1.29, 1.82) is 0 Å². The maximum absolute atomic E-state index is 13.5. The van der Waals surface area contributed by atoms with E-state index >= 15 is 0 Å². The van der Waals surface area contributed by atoms with Crippen molar-refractivity contribution in [2.75, 3.05) is 33.9 Å². The molecular formula is C28H33N3O5. The lowest BCUT2D eigenvalue weighted by atomic mass is 9.99. The van der Waals surface area contributed by atoms with Crippen LogP contribution in [-0.2, 0) is 4.79 Å². The number of hydrogen-bond donors (Lipinski definition) is 1. The fourth-order valence-corrected chi connectivity index (χ4v) is 4.24. The van der Waals surface area contributed by atoms with Crippen molar-refractivity contribution >= 4 is 11.8 Å². The lowest BCUT2D eigenvalue weighted by Crippen LogP contribution is -2.50. The molecule has 36 heavy (non-hydrogen) atoms. The van der Waals surface area contributed by atoms with Gasteiger partial charge in [-0.25, -0.2) is 4.98 Å². The van der Waals surface area contributed by atoms with Crippen LogP contribution in [0.3, 0.4) is 0 Å². The molecule has 3 atom stereocenters. The van der Waals surface area contributed by atoms with Gasteiger partial charge < -0.3 is 24.4 Å². The van der Waals surface area contributed by atoms with Crippen LogP contribution in [0.2, 0.25) is 0 Å². The van der Waals surface area contributed by atoms with Crippen molar-refractivity contribution in [1.82, 2.24) is 14.8 Å². The number of aliphatic hydroxyl groups is 1. The highest BCUT2D eigenvalue weighted by molar-refractivity contribution is 5.97. The molecule has 8 nitrogen and oxygen atoms in total. The minimum atomic E-state index is -0.385. The Hall–Kier alpha value is -3.57. The standard InChI is InChI=1S/C28H33N3O5/c1-18-15-31(19(2)17-32)28(34)24-13-21(9-8-20-6-5-7-23(12-20)35-4)14-29-26(24)36-25(18)16-30(3)27(33)22-10-11-22/h5-7,12-14,18-19,22,25,32H,10-11,15-17H2,1-4H3/t18-,19-,25+/m1/s1. The van der Waals surface area contributed by atoms with E-state index in [0.29, 0.717) is 30.0 Å². The molecule has 1 saturated carbocycles. The van der Waals surface area contributed by atoms with Crippen molar-refractivity contribution in [3.63, 3.8) is 0 Å². The molecule has 0 spiro atoms. The Morgan fingerprint density at radius 3 is 2.75 bits per heavy atom. The molecule has 0 bridgehead atoms. The molecule has 1 N–H and O–H groups in total. The Bertz CT molecular complexity index is 1180. The number of ether oxygens (including phenoxy) is 2. The van der Waals surface area contributed by atoms with Gasteiger partial charge in [-0.2, -0.15) is 0 Å².